The predicted octanol–water partition coefficient (Wildman–Crippen LogP) is 7.54. The first kappa shape index (κ1) is 25.4. The minimum Gasteiger partial charge on any atom is -0.178 e. The van der Waals surface area contributed by atoms with Crippen molar-refractivity contribution in [3.63, 3.8) is 0 Å². The molecule has 6 rings (SSSR count). The summed E-state index contributed by atoms with van der Waals surface area (Å²) >= 11 is 4.14. The van der Waals surface area contributed by atoms with Crippen LogP contribution in [-0.4, -0.2) is 27.9 Å². The highest BCUT2D eigenvalue weighted by molar-refractivity contribution is 7.09. The van der Waals surface area contributed by atoms with Gasteiger partial charge in [0.2, 0.25) is 0 Å². The van der Waals surface area contributed by atoms with E-state index in [0.717, 1.165) is 38.8 Å². The number of nitrogens with zero attached hydrogens (tertiary/aromatic N) is 6. The van der Waals surface area contributed by atoms with Crippen LogP contribution in [0.5, 0.6) is 0 Å². The molecule has 0 aliphatic carbocycles. The van der Waals surface area contributed by atoms with Crippen molar-refractivity contribution in [1.82, 2.24) is 27.9 Å². The molecular formula is C27H24N6S3. The molecule has 180 valence electrons. The minimum atomic E-state index is 1.00. The van der Waals surface area contributed by atoms with Gasteiger partial charge < -0.3 is 0 Å². The van der Waals surface area contributed by atoms with Crippen molar-refractivity contribution in [2.75, 3.05) is 0 Å². The van der Waals surface area contributed by atoms with E-state index >= 15 is 0 Å². The van der Waals surface area contributed by atoms with Gasteiger partial charge in [-0.15, -0.1) is 10.2 Å². The molecule has 0 aliphatic heterocycles. The summed E-state index contributed by atoms with van der Waals surface area (Å²) in [6.45, 7) is 5.99. The normalized spacial score (nSPS) is 10.1. The molecule has 0 aliphatic rings. The second-order valence-corrected chi connectivity index (χ2v) is 9.90. The van der Waals surface area contributed by atoms with Crippen LogP contribution < -0.4 is 0 Å². The summed E-state index contributed by atoms with van der Waals surface area (Å²) in [4.78, 5) is 2.33. The summed E-state index contributed by atoms with van der Waals surface area (Å²) in [7, 11) is 0. The highest BCUT2D eigenvalue weighted by Gasteiger charge is 2.05. The van der Waals surface area contributed by atoms with Gasteiger partial charge in [-0.25, -0.2) is 0 Å². The lowest BCUT2D eigenvalue weighted by molar-refractivity contribution is 1.09. The second-order valence-electron chi connectivity index (χ2n) is 7.66. The van der Waals surface area contributed by atoms with Gasteiger partial charge in [-0.2, -0.15) is 8.75 Å². The first-order valence-electron chi connectivity index (χ1n) is 11.2. The third-order valence-corrected chi connectivity index (χ3v) is 7.21. The molecule has 0 saturated heterocycles. The zero-order chi connectivity index (χ0) is 25.2. The van der Waals surface area contributed by atoms with Gasteiger partial charge in [0, 0.05) is 11.1 Å². The van der Waals surface area contributed by atoms with Gasteiger partial charge in [-0.05, 0) is 49.4 Å². The second kappa shape index (κ2) is 12.9. The van der Waals surface area contributed by atoms with Crippen LogP contribution >= 0.6 is 34.8 Å². The maximum atomic E-state index is 4.22. The van der Waals surface area contributed by atoms with E-state index in [1.165, 1.54) is 45.2 Å². The van der Waals surface area contributed by atoms with Crippen LogP contribution in [0, 0.1) is 20.8 Å². The summed E-state index contributed by atoms with van der Waals surface area (Å²) < 4.78 is 16.1. The van der Waals surface area contributed by atoms with Crippen molar-refractivity contribution in [2.24, 2.45) is 0 Å². The van der Waals surface area contributed by atoms with Crippen molar-refractivity contribution in [3.05, 3.63) is 107 Å². The molecule has 0 atom stereocenters. The number of hydrogen-bond acceptors (Lipinski definition) is 9. The van der Waals surface area contributed by atoms with Crippen LogP contribution in [0.25, 0.3) is 33.0 Å². The summed E-state index contributed by atoms with van der Waals surface area (Å²) in [5.74, 6) is 0. The summed E-state index contributed by atoms with van der Waals surface area (Å²) in [6.07, 6.45) is 0. The smallest absolute Gasteiger partial charge is 0.108 e. The Labute approximate surface area is 223 Å². The topological polar surface area (TPSA) is 77.3 Å². The third kappa shape index (κ3) is 6.72. The Hall–Kier alpha value is -3.66. The number of benzene rings is 3. The minimum absolute atomic E-state index is 1.00. The molecule has 36 heavy (non-hydrogen) atoms. The van der Waals surface area contributed by atoms with Gasteiger partial charge >= 0.3 is 0 Å². The molecule has 0 spiro atoms. The number of rotatable bonds is 3. The molecule has 0 unspecified atom stereocenters. The molecule has 0 saturated carbocycles. The molecule has 3 aromatic heterocycles. The average molecular weight is 529 g/mol. The van der Waals surface area contributed by atoms with Gasteiger partial charge in [-0.1, -0.05) is 100.0 Å². The molecular weight excluding hydrogens is 505 g/mol. The maximum Gasteiger partial charge on any atom is 0.108 e. The van der Waals surface area contributed by atoms with Crippen molar-refractivity contribution in [1.29, 1.82) is 0 Å². The lowest BCUT2D eigenvalue weighted by atomic mass is 10.1. The maximum absolute atomic E-state index is 4.22. The van der Waals surface area contributed by atoms with Crippen LogP contribution in [-0.2, 0) is 0 Å². The van der Waals surface area contributed by atoms with E-state index in [1.807, 2.05) is 99.6 Å². The van der Waals surface area contributed by atoms with Crippen LogP contribution in [0.15, 0.2) is 91.0 Å². The largest absolute Gasteiger partial charge is 0.178 e. The van der Waals surface area contributed by atoms with Gasteiger partial charge in [0.05, 0.1) is 32.9 Å². The number of aryl methyl sites for hydroxylation is 3. The molecule has 0 bridgehead atoms. The van der Waals surface area contributed by atoms with Crippen molar-refractivity contribution >= 4 is 34.8 Å². The van der Waals surface area contributed by atoms with E-state index in [1.54, 1.807) is 0 Å². The van der Waals surface area contributed by atoms with E-state index in [9.17, 15) is 0 Å². The average Bonchev–Trinajstić information content (AvgIpc) is 3.67. The Balaban J connectivity index is 0.000000127. The molecule has 3 aromatic carbocycles. The monoisotopic (exact) mass is 528 g/mol. The quantitative estimate of drug-likeness (QED) is 0.236. The zero-order valence-corrected chi connectivity index (χ0v) is 22.5. The van der Waals surface area contributed by atoms with Gasteiger partial charge in [0.1, 0.15) is 11.4 Å². The number of hydrogen-bond donors (Lipinski definition) is 0. The molecule has 0 amide bonds. The Kier molecular flexibility index (Phi) is 9.09. The van der Waals surface area contributed by atoms with Crippen LogP contribution in [0.4, 0.5) is 0 Å². The molecule has 0 radical (unpaired) electrons. The molecule has 6 aromatic rings. The Bertz CT molecular complexity index is 1280. The number of aromatic nitrogens is 6. The van der Waals surface area contributed by atoms with E-state index in [2.05, 4.69) is 40.1 Å². The van der Waals surface area contributed by atoms with Gasteiger partial charge in [0.25, 0.3) is 0 Å². The fourth-order valence-electron chi connectivity index (χ4n) is 3.27. The van der Waals surface area contributed by atoms with Crippen molar-refractivity contribution in [3.8, 4) is 33.0 Å². The molecule has 0 N–H and O–H groups in total. The Morgan fingerprint density at radius 1 is 0.500 bits per heavy atom. The van der Waals surface area contributed by atoms with E-state index in [4.69, 9.17) is 0 Å². The molecule has 6 nitrogen and oxygen atoms in total. The van der Waals surface area contributed by atoms with Crippen LogP contribution in [0.3, 0.4) is 0 Å². The Morgan fingerprint density at radius 3 is 1.47 bits per heavy atom. The highest BCUT2D eigenvalue weighted by atomic mass is 32.1. The predicted molar refractivity (Wildman–Crippen MR) is 150 cm³/mol. The van der Waals surface area contributed by atoms with Crippen LogP contribution in [0.2, 0.25) is 0 Å². The fraction of sp³-hybridized carbons (Fsp3) is 0.111. The first-order chi connectivity index (χ1) is 17.6. The van der Waals surface area contributed by atoms with Crippen molar-refractivity contribution in [2.45, 2.75) is 20.8 Å². The fourth-order valence-corrected chi connectivity index (χ4v) is 4.99. The SMILES string of the molecule is Cc1nnsc1-c1ccccc1.Cc1nsnc1-c1ccccc1.Cc1snnc1-c1ccccc1. The van der Waals surface area contributed by atoms with E-state index < -0.39 is 0 Å². The highest BCUT2D eigenvalue weighted by Crippen LogP contribution is 2.24. The van der Waals surface area contributed by atoms with E-state index in [0.29, 0.717) is 0 Å². The zero-order valence-electron chi connectivity index (χ0n) is 20.1. The summed E-state index contributed by atoms with van der Waals surface area (Å²) in [5.41, 5.74) is 7.50. The summed E-state index contributed by atoms with van der Waals surface area (Å²) in [6, 6.07) is 30.4. The molecule has 0 fully saturated rings. The molecule has 9 heteroatoms. The summed E-state index contributed by atoms with van der Waals surface area (Å²) in [5, 5.41) is 8.02. The third-order valence-electron chi connectivity index (χ3n) is 5.09. The first-order valence-corrected chi connectivity index (χ1v) is 13.4. The lowest BCUT2D eigenvalue weighted by Crippen LogP contribution is -1.79. The standard InChI is InChI=1S/3C9H8N2S/c1-7-9(10-11-12-7)8-5-3-2-4-6-8;1-7-9(12-11-10-7)8-5-3-2-4-6-8;1-7-9(11-12-10-7)8-5-3-2-4-6-8/h3*2-6H,1H3. The van der Waals surface area contributed by atoms with Gasteiger partial charge in [0.15, 0.2) is 0 Å². The Morgan fingerprint density at radius 2 is 1.03 bits per heavy atom. The van der Waals surface area contributed by atoms with E-state index in [-0.39, 0.29) is 0 Å². The molecule has 3 heterocycles. The van der Waals surface area contributed by atoms with Crippen molar-refractivity contribution < 1.29 is 0 Å². The van der Waals surface area contributed by atoms with Crippen LogP contribution in [0.1, 0.15) is 16.3 Å². The van der Waals surface area contributed by atoms with Gasteiger partial charge in [-0.3, -0.25) is 0 Å². The lowest BCUT2D eigenvalue weighted by Gasteiger charge is -1.94.